The van der Waals surface area contributed by atoms with Crippen LogP contribution in [0.1, 0.15) is 60.0 Å². The molecule has 0 radical (unpaired) electrons. The van der Waals surface area contributed by atoms with Crippen LogP contribution in [0, 0.1) is 5.82 Å². The third-order valence-corrected chi connectivity index (χ3v) is 6.31. The Morgan fingerprint density at radius 1 is 1.32 bits per heavy atom. The number of anilines is 1. The number of carbonyl (C=O) groups is 1. The van der Waals surface area contributed by atoms with E-state index < -0.39 is 46.2 Å². The van der Waals surface area contributed by atoms with Crippen molar-refractivity contribution in [1.82, 2.24) is 24.5 Å². The van der Waals surface area contributed by atoms with Crippen molar-refractivity contribution in [2.45, 2.75) is 44.8 Å². The molecule has 0 aliphatic carbocycles. The maximum absolute atomic E-state index is 14.4. The summed E-state index contributed by atoms with van der Waals surface area (Å²) in [5.74, 6) is -3.43. The van der Waals surface area contributed by atoms with E-state index in [1.54, 1.807) is 37.8 Å². The van der Waals surface area contributed by atoms with Crippen LogP contribution in [-0.2, 0) is 13.6 Å². The summed E-state index contributed by atoms with van der Waals surface area (Å²) >= 11 is 6.50. The fourth-order valence-corrected chi connectivity index (χ4v) is 4.53. The number of aliphatic hydroxyl groups is 1. The summed E-state index contributed by atoms with van der Waals surface area (Å²) in [6.07, 6.45) is 5.67. The first kappa shape index (κ1) is 27.0. The zero-order valence-electron chi connectivity index (χ0n) is 21.0. The van der Waals surface area contributed by atoms with Crippen molar-refractivity contribution in [3.8, 4) is 5.75 Å². The van der Waals surface area contributed by atoms with Gasteiger partial charge in [-0.1, -0.05) is 23.7 Å². The molecule has 1 amide bonds. The van der Waals surface area contributed by atoms with Crippen molar-refractivity contribution < 1.29 is 23.9 Å². The van der Waals surface area contributed by atoms with Crippen LogP contribution in [0.15, 0.2) is 52.4 Å². The lowest BCUT2D eigenvalue weighted by Gasteiger charge is -2.26. The molecule has 0 unspecified atom stereocenters. The van der Waals surface area contributed by atoms with E-state index >= 15 is 0 Å². The quantitative estimate of drug-likeness (QED) is 0.305. The summed E-state index contributed by atoms with van der Waals surface area (Å²) in [7, 11) is 1.41. The van der Waals surface area contributed by atoms with Crippen LogP contribution < -0.4 is 10.9 Å². The van der Waals surface area contributed by atoms with Gasteiger partial charge in [0.1, 0.15) is 23.6 Å². The van der Waals surface area contributed by atoms with Gasteiger partial charge in [-0.3, -0.25) is 18.8 Å². The molecule has 3 heterocycles. The molecular weight excluding hydrogens is 519 g/mol. The van der Waals surface area contributed by atoms with E-state index in [0.29, 0.717) is 11.1 Å². The van der Waals surface area contributed by atoms with Crippen LogP contribution in [0.25, 0.3) is 0 Å². The van der Waals surface area contributed by atoms with Gasteiger partial charge in [-0.2, -0.15) is 5.10 Å². The topological polar surface area (TPSA) is 148 Å². The fraction of sp³-hybridized carbons (Fsp3) is 0.320. The summed E-state index contributed by atoms with van der Waals surface area (Å²) < 4.78 is 21.7. The van der Waals surface area contributed by atoms with Crippen molar-refractivity contribution in [3.05, 3.63) is 86.9 Å². The Balaban J connectivity index is 1.84. The zero-order chi connectivity index (χ0) is 27.8. The molecule has 2 atom stereocenters. The van der Waals surface area contributed by atoms with Gasteiger partial charge < -0.3 is 20.1 Å². The van der Waals surface area contributed by atoms with E-state index in [-0.39, 0.29) is 23.1 Å². The van der Waals surface area contributed by atoms with E-state index in [2.05, 4.69) is 25.1 Å². The van der Waals surface area contributed by atoms with E-state index in [9.17, 15) is 24.2 Å². The lowest BCUT2D eigenvalue weighted by molar-refractivity contribution is 0.0577. The van der Waals surface area contributed by atoms with Crippen LogP contribution in [0.3, 0.4) is 0 Å². The highest BCUT2D eigenvalue weighted by Crippen LogP contribution is 2.41. The summed E-state index contributed by atoms with van der Waals surface area (Å²) in [4.78, 5) is 30.1. The number of nitrogens with one attached hydrogen (secondary N) is 1. The fourth-order valence-electron chi connectivity index (χ4n) is 4.29. The van der Waals surface area contributed by atoms with Gasteiger partial charge in [0.05, 0.1) is 24.5 Å². The summed E-state index contributed by atoms with van der Waals surface area (Å²) in [6.45, 7) is 5.20. The van der Waals surface area contributed by atoms with Crippen molar-refractivity contribution in [2.75, 3.05) is 5.32 Å². The van der Waals surface area contributed by atoms with E-state index in [1.165, 1.54) is 37.7 Å². The van der Waals surface area contributed by atoms with E-state index in [1.807, 2.05) is 0 Å². The molecule has 0 saturated heterocycles. The smallest absolute Gasteiger partial charge is 0.296 e. The highest BCUT2D eigenvalue weighted by molar-refractivity contribution is 6.31. The molecule has 13 heteroatoms. The van der Waals surface area contributed by atoms with Gasteiger partial charge >= 0.3 is 0 Å². The zero-order valence-corrected chi connectivity index (χ0v) is 21.8. The van der Waals surface area contributed by atoms with Gasteiger partial charge in [0.2, 0.25) is 5.75 Å². The second-order valence-corrected chi connectivity index (χ2v) is 10.0. The number of aromatic hydroxyl groups is 1. The van der Waals surface area contributed by atoms with Crippen LogP contribution in [-0.4, -0.2) is 46.2 Å². The Bertz CT molecular complexity index is 1530. The minimum Gasteiger partial charge on any atom is -0.501 e. The minimum atomic E-state index is -1.05. The molecular formula is C25H26ClFN6O5. The van der Waals surface area contributed by atoms with Crippen LogP contribution in [0.4, 0.5) is 10.1 Å². The predicted molar refractivity (Wildman–Crippen MR) is 136 cm³/mol. The Morgan fingerprint density at radius 3 is 2.71 bits per heavy atom. The van der Waals surface area contributed by atoms with E-state index in [0.717, 1.165) is 4.57 Å². The molecule has 0 aliphatic rings. The molecule has 0 fully saturated rings. The number of carbonyl (C=O) groups excluding carboxylic acids is 1. The van der Waals surface area contributed by atoms with Gasteiger partial charge in [0.25, 0.3) is 11.5 Å². The van der Waals surface area contributed by atoms with Gasteiger partial charge in [0.15, 0.2) is 5.69 Å². The molecule has 0 aliphatic heterocycles. The van der Waals surface area contributed by atoms with Gasteiger partial charge in [-0.05, 0) is 43.2 Å². The molecule has 38 heavy (non-hydrogen) atoms. The van der Waals surface area contributed by atoms with Crippen LogP contribution >= 0.6 is 11.6 Å². The normalized spacial score (nSPS) is 13.3. The van der Waals surface area contributed by atoms with Crippen molar-refractivity contribution >= 4 is 23.2 Å². The summed E-state index contributed by atoms with van der Waals surface area (Å²) in [5, 5.41) is 31.2. The third kappa shape index (κ3) is 5.60. The molecule has 4 rings (SSSR count). The third-order valence-electron chi connectivity index (χ3n) is 5.97. The molecule has 3 N–H and O–H groups in total. The molecule has 0 saturated carbocycles. The Kier molecular flexibility index (Phi) is 7.38. The Morgan fingerprint density at radius 2 is 2.05 bits per heavy atom. The average molecular weight is 545 g/mol. The number of amides is 1. The number of aromatic nitrogens is 5. The Labute approximate surface area is 221 Å². The highest BCUT2D eigenvalue weighted by atomic mass is 35.5. The summed E-state index contributed by atoms with van der Waals surface area (Å²) in [6, 6.07) is 3.94. The maximum Gasteiger partial charge on any atom is 0.296 e. The summed E-state index contributed by atoms with van der Waals surface area (Å²) in [5.41, 5.74) is -1.19. The monoisotopic (exact) mass is 544 g/mol. The number of benzene rings is 1. The number of rotatable bonds is 8. The first-order valence-electron chi connectivity index (χ1n) is 11.6. The largest absolute Gasteiger partial charge is 0.501 e. The lowest BCUT2D eigenvalue weighted by Crippen LogP contribution is -2.29. The SMILES string of the molecule is C[C@H](c1nc(C(=O)Nc2cnoc2)c(O)c(=O)n1C)[C@H](c1cnn(CC(C)(C)O)c1)c1cc(F)ccc1Cl. The molecule has 4 aromatic rings. The lowest BCUT2D eigenvalue weighted by atomic mass is 9.82. The number of nitrogens with zero attached hydrogens (tertiary/aromatic N) is 5. The van der Waals surface area contributed by atoms with Crippen molar-refractivity contribution in [2.24, 2.45) is 7.05 Å². The number of halogens is 2. The second kappa shape index (κ2) is 10.4. The molecule has 0 bridgehead atoms. The maximum atomic E-state index is 14.4. The standard InChI is InChI=1S/C25H26ClFN6O5/c1-13(22-31-20(21(34)24(36)32(22)4)23(35)30-16-9-29-38-11-16)19(17-7-15(27)5-6-18(17)26)14-8-28-33(10-14)12-25(2,3)37/h5-11,13,19,34,37H,12H2,1-4H3,(H,30,35)/t13-,19+/m0/s1. The molecule has 1 aromatic carbocycles. The van der Waals surface area contributed by atoms with E-state index in [4.69, 9.17) is 11.6 Å². The minimum absolute atomic E-state index is 0.129. The van der Waals surface area contributed by atoms with Crippen LogP contribution in [0.2, 0.25) is 5.02 Å². The molecule has 11 nitrogen and oxygen atoms in total. The second-order valence-electron chi connectivity index (χ2n) is 9.61. The molecule has 200 valence electrons. The van der Waals surface area contributed by atoms with Gasteiger partial charge in [-0.25, -0.2) is 9.37 Å². The average Bonchev–Trinajstić information content (AvgIpc) is 3.51. The Hall–Kier alpha value is -4.03. The number of hydrogen-bond acceptors (Lipinski definition) is 8. The number of hydrogen-bond donors (Lipinski definition) is 3. The highest BCUT2D eigenvalue weighted by Gasteiger charge is 2.32. The first-order chi connectivity index (χ1) is 17.9. The van der Waals surface area contributed by atoms with Gasteiger partial charge in [0, 0.05) is 30.1 Å². The van der Waals surface area contributed by atoms with Crippen molar-refractivity contribution in [3.63, 3.8) is 0 Å². The first-order valence-corrected chi connectivity index (χ1v) is 11.9. The molecule has 0 spiro atoms. The van der Waals surface area contributed by atoms with Gasteiger partial charge in [-0.15, -0.1) is 0 Å². The van der Waals surface area contributed by atoms with Crippen LogP contribution in [0.5, 0.6) is 5.75 Å². The van der Waals surface area contributed by atoms with Crippen molar-refractivity contribution in [1.29, 1.82) is 0 Å². The molecule has 3 aromatic heterocycles. The predicted octanol–water partition coefficient (Wildman–Crippen LogP) is 3.42.